The Morgan fingerprint density at radius 2 is 0.654 bits per heavy atom. The molecule has 2 heteroatoms. The van der Waals surface area contributed by atoms with Gasteiger partial charge in [-0.2, -0.15) is 0 Å². The summed E-state index contributed by atoms with van der Waals surface area (Å²) in [7, 11) is 0. The predicted molar refractivity (Wildman–Crippen MR) is 111 cm³/mol. The smallest absolute Gasteiger partial charge is 0.0184 e. The average molecular weight is 440 g/mol. The van der Waals surface area contributed by atoms with Gasteiger partial charge < -0.3 is 0 Å². The summed E-state index contributed by atoms with van der Waals surface area (Å²) in [5.74, 6) is 0. The molecule has 4 aromatic carbocycles. The summed E-state index contributed by atoms with van der Waals surface area (Å²) in [6, 6.07) is 42.0. The standard InChI is InChI=1S/C12H10P.C12H10.Ru/c1-3-7-11(8-4-1)13-12-9-5-2-6-10-12;1-3-7-11(8-4-1)12-9-5-2-6-10-12;/h1-10H;1-10H;/q-1;;+1. The van der Waals surface area contributed by atoms with E-state index in [1.54, 1.807) is 0 Å². The van der Waals surface area contributed by atoms with Crippen LogP contribution in [0.1, 0.15) is 0 Å². The fourth-order valence-corrected chi connectivity index (χ4v) is 5.23. The van der Waals surface area contributed by atoms with E-state index in [1.165, 1.54) is 21.7 Å². The van der Waals surface area contributed by atoms with Gasteiger partial charge in [-0.3, -0.25) is 0 Å². The van der Waals surface area contributed by atoms with Crippen LogP contribution in [0.25, 0.3) is 11.1 Å². The van der Waals surface area contributed by atoms with Crippen LogP contribution in [0.2, 0.25) is 0 Å². The van der Waals surface area contributed by atoms with Gasteiger partial charge in [0, 0.05) is 0 Å². The summed E-state index contributed by atoms with van der Waals surface area (Å²) >= 11 is 2.85. The van der Waals surface area contributed by atoms with Crippen molar-refractivity contribution in [3.8, 4) is 11.1 Å². The van der Waals surface area contributed by atoms with Crippen LogP contribution in [0.15, 0.2) is 121 Å². The minimum absolute atomic E-state index is 0.241. The third-order valence-corrected chi connectivity index (χ3v) is 8.00. The maximum Gasteiger partial charge on any atom is -0.0184 e. The van der Waals surface area contributed by atoms with Gasteiger partial charge >= 0.3 is 95.3 Å². The van der Waals surface area contributed by atoms with Crippen molar-refractivity contribution in [1.29, 1.82) is 0 Å². The van der Waals surface area contributed by atoms with Crippen LogP contribution in [0.5, 0.6) is 0 Å². The van der Waals surface area contributed by atoms with Crippen molar-refractivity contribution in [1.82, 2.24) is 0 Å². The second-order valence-electron chi connectivity index (χ2n) is 5.67. The Balaban J connectivity index is 0.000000152. The normalized spacial score (nSPS) is 10.1. The Kier molecular flexibility index (Phi) is 7.32. The molecule has 0 aliphatic rings. The van der Waals surface area contributed by atoms with Gasteiger partial charge in [-0.1, -0.05) is 60.7 Å². The Labute approximate surface area is 166 Å². The topological polar surface area (TPSA) is 0 Å². The molecule has 0 spiro atoms. The third kappa shape index (κ3) is 5.47. The van der Waals surface area contributed by atoms with E-state index in [0.29, 0.717) is 0 Å². The molecule has 0 heterocycles. The van der Waals surface area contributed by atoms with E-state index in [9.17, 15) is 0 Å². The van der Waals surface area contributed by atoms with Crippen LogP contribution < -0.4 is 10.6 Å². The van der Waals surface area contributed by atoms with Crippen LogP contribution in [0.4, 0.5) is 0 Å². The monoisotopic (exact) mass is 441 g/mol. The van der Waals surface area contributed by atoms with E-state index >= 15 is 0 Å². The Bertz CT molecular complexity index is 801. The molecule has 0 saturated heterocycles. The van der Waals surface area contributed by atoms with Crippen LogP contribution in [-0.2, 0) is 17.8 Å². The second kappa shape index (κ2) is 10.2. The Morgan fingerprint density at radius 3 is 0.962 bits per heavy atom. The van der Waals surface area contributed by atoms with E-state index in [-0.39, 0.29) is 6.25 Å². The van der Waals surface area contributed by atoms with Crippen LogP contribution in [0, 0.1) is 0 Å². The van der Waals surface area contributed by atoms with Gasteiger partial charge in [0.2, 0.25) is 0 Å². The summed E-state index contributed by atoms with van der Waals surface area (Å²) < 4.78 is 0. The van der Waals surface area contributed by atoms with Crippen molar-refractivity contribution in [3.05, 3.63) is 121 Å². The van der Waals surface area contributed by atoms with Gasteiger partial charge in [-0.25, -0.2) is 0 Å². The van der Waals surface area contributed by atoms with Crippen molar-refractivity contribution >= 4 is 16.9 Å². The van der Waals surface area contributed by atoms with Crippen LogP contribution in [-0.4, -0.2) is 0 Å². The summed E-state index contributed by atoms with van der Waals surface area (Å²) in [5.41, 5.74) is 2.55. The van der Waals surface area contributed by atoms with Gasteiger partial charge in [0.25, 0.3) is 0 Å². The zero-order chi connectivity index (χ0) is 18.0. The summed E-state index contributed by atoms with van der Waals surface area (Å²) in [4.78, 5) is 0. The molecule has 0 bridgehead atoms. The zero-order valence-corrected chi connectivity index (χ0v) is 17.0. The minimum Gasteiger partial charge on any atom is -0.0622 e. The van der Waals surface area contributed by atoms with E-state index in [0.717, 1.165) is 0 Å². The van der Waals surface area contributed by atoms with Gasteiger partial charge in [0.15, 0.2) is 0 Å². The first-order valence-electron chi connectivity index (χ1n) is 8.50. The second-order valence-corrected chi connectivity index (χ2v) is 9.58. The predicted octanol–water partition coefficient (Wildman–Crippen LogP) is 5.93. The maximum atomic E-state index is 2.85. The fourth-order valence-electron chi connectivity index (χ4n) is 2.52. The van der Waals surface area contributed by atoms with Crippen LogP contribution in [0.3, 0.4) is 0 Å². The molecule has 0 aromatic heterocycles. The first-order valence-corrected chi connectivity index (χ1v) is 12.0. The molecule has 0 atom stereocenters. The Morgan fingerprint density at radius 1 is 0.385 bits per heavy atom. The minimum atomic E-state index is -0.241. The molecular formula is C24H20PRu. The Hall–Kier alpha value is -2.07. The molecule has 0 fully saturated rings. The number of rotatable bonds is 3. The number of benzene rings is 4. The molecule has 0 N–H and O–H groups in total. The van der Waals surface area contributed by atoms with Crippen molar-refractivity contribution in [2.24, 2.45) is 0 Å². The molecule has 0 aliphatic heterocycles. The first kappa shape index (κ1) is 18.7. The molecule has 4 aromatic rings. The first-order chi connectivity index (χ1) is 12.8. The maximum absolute atomic E-state index is 2.85. The molecule has 26 heavy (non-hydrogen) atoms. The van der Waals surface area contributed by atoms with Crippen LogP contribution >= 0.6 is 6.25 Å². The summed E-state index contributed by atoms with van der Waals surface area (Å²) in [5, 5.41) is 2.82. The van der Waals surface area contributed by atoms with Crippen molar-refractivity contribution in [2.45, 2.75) is 0 Å². The molecular weight excluding hydrogens is 420 g/mol. The van der Waals surface area contributed by atoms with Gasteiger partial charge in [0.1, 0.15) is 0 Å². The molecule has 129 valence electrons. The number of hydrogen-bond acceptors (Lipinski definition) is 0. The number of hydrogen-bond donors (Lipinski definition) is 0. The summed E-state index contributed by atoms with van der Waals surface area (Å²) in [6.45, 7) is 0. The molecule has 0 saturated carbocycles. The summed E-state index contributed by atoms with van der Waals surface area (Å²) in [6.07, 6.45) is -0.241. The largest absolute Gasteiger partial charge is 0.0622 e. The molecule has 0 radical (unpaired) electrons. The molecule has 0 aliphatic carbocycles. The molecule has 0 unspecified atom stereocenters. The van der Waals surface area contributed by atoms with Gasteiger partial charge in [-0.05, 0) is 11.1 Å². The van der Waals surface area contributed by atoms with E-state index in [1.807, 2.05) is 12.1 Å². The van der Waals surface area contributed by atoms with Crippen molar-refractivity contribution < 1.29 is 17.8 Å². The average Bonchev–Trinajstić information content (AvgIpc) is 2.76. The molecule has 0 nitrogen and oxygen atoms in total. The van der Waals surface area contributed by atoms with Crippen molar-refractivity contribution in [3.63, 3.8) is 0 Å². The van der Waals surface area contributed by atoms with Crippen molar-refractivity contribution in [2.75, 3.05) is 0 Å². The van der Waals surface area contributed by atoms with E-state index < -0.39 is 0 Å². The van der Waals surface area contributed by atoms with Gasteiger partial charge in [-0.15, -0.1) is 0 Å². The van der Waals surface area contributed by atoms with E-state index in [2.05, 4.69) is 127 Å². The third-order valence-electron chi connectivity index (χ3n) is 3.83. The SMILES string of the molecule is [Ru][P](c1ccccc1)c1ccccc1.c1ccc(-c2ccccc2)cc1. The molecule has 0 amide bonds. The zero-order valence-electron chi connectivity index (χ0n) is 14.3. The quantitative estimate of drug-likeness (QED) is 0.273. The molecule has 4 rings (SSSR count). The fraction of sp³-hybridized carbons (Fsp3) is 0. The van der Waals surface area contributed by atoms with Gasteiger partial charge in [0.05, 0.1) is 0 Å². The van der Waals surface area contributed by atoms with E-state index in [4.69, 9.17) is 0 Å².